The SMILES string of the molecule is O=C1CC(c2ccccc2[N+](=O)[O-])Nc2ccccc21. The average Bonchev–Trinajstić information content (AvgIpc) is 2.47. The third-order valence-corrected chi connectivity index (χ3v) is 3.46. The van der Waals surface area contributed by atoms with E-state index in [0.717, 1.165) is 5.69 Å². The van der Waals surface area contributed by atoms with Crippen LogP contribution in [0.3, 0.4) is 0 Å². The second-order valence-electron chi connectivity index (χ2n) is 4.69. The van der Waals surface area contributed by atoms with Gasteiger partial charge in [0.25, 0.3) is 5.69 Å². The molecule has 1 aliphatic rings. The van der Waals surface area contributed by atoms with Crippen molar-refractivity contribution in [3.63, 3.8) is 0 Å². The zero-order valence-electron chi connectivity index (χ0n) is 10.6. The first kappa shape index (κ1) is 12.3. The van der Waals surface area contributed by atoms with Crippen molar-refractivity contribution < 1.29 is 9.72 Å². The van der Waals surface area contributed by atoms with Gasteiger partial charge in [-0.15, -0.1) is 0 Å². The van der Waals surface area contributed by atoms with Crippen LogP contribution in [0.5, 0.6) is 0 Å². The summed E-state index contributed by atoms with van der Waals surface area (Å²) < 4.78 is 0. The van der Waals surface area contributed by atoms with Gasteiger partial charge >= 0.3 is 0 Å². The number of rotatable bonds is 2. The van der Waals surface area contributed by atoms with Gasteiger partial charge in [0.05, 0.1) is 16.5 Å². The van der Waals surface area contributed by atoms with Crippen LogP contribution >= 0.6 is 0 Å². The number of anilines is 1. The molecule has 3 rings (SSSR count). The van der Waals surface area contributed by atoms with Crippen LogP contribution in [0.1, 0.15) is 28.4 Å². The Morgan fingerprint density at radius 1 is 1.10 bits per heavy atom. The largest absolute Gasteiger partial charge is 0.377 e. The number of benzene rings is 2. The molecular formula is C15H12N2O3. The van der Waals surface area contributed by atoms with Crippen molar-refractivity contribution in [2.75, 3.05) is 5.32 Å². The normalized spacial score (nSPS) is 17.2. The van der Waals surface area contributed by atoms with Gasteiger partial charge in [-0.1, -0.05) is 30.3 Å². The van der Waals surface area contributed by atoms with Crippen molar-refractivity contribution >= 4 is 17.2 Å². The van der Waals surface area contributed by atoms with Gasteiger partial charge in [-0.05, 0) is 12.1 Å². The van der Waals surface area contributed by atoms with E-state index in [1.165, 1.54) is 6.07 Å². The third-order valence-electron chi connectivity index (χ3n) is 3.46. The minimum absolute atomic E-state index is 0.00232. The number of hydrogen-bond donors (Lipinski definition) is 1. The fourth-order valence-corrected chi connectivity index (χ4v) is 2.52. The predicted octanol–water partition coefficient (Wildman–Crippen LogP) is 3.33. The molecule has 0 aliphatic carbocycles. The van der Waals surface area contributed by atoms with Gasteiger partial charge in [0.1, 0.15) is 0 Å². The molecule has 100 valence electrons. The zero-order valence-corrected chi connectivity index (χ0v) is 10.6. The molecule has 0 amide bonds. The Bertz CT molecular complexity index is 697. The summed E-state index contributed by atoms with van der Waals surface area (Å²) in [5.74, 6) is 0.00232. The van der Waals surface area contributed by atoms with E-state index in [9.17, 15) is 14.9 Å². The summed E-state index contributed by atoms with van der Waals surface area (Å²) in [4.78, 5) is 22.8. The van der Waals surface area contributed by atoms with Gasteiger partial charge in [0, 0.05) is 23.7 Å². The van der Waals surface area contributed by atoms with E-state index in [4.69, 9.17) is 0 Å². The van der Waals surface area contributed by atoms with E-state index in [2.05, 4.69) is 5.32 Å². The Morgan fingerprint density at radius 3 is 2.60 bits per heavy atom. The van der Waals surface area contributed by atoms with Crippen LogP contribution in [-0.2, 0) is 0 Å². The molecule has 1 unspecified atom stereocenters. The van der Waals surface area contributed by atoms with E-state index in [-0.39, 0.29) is 23.9 Å². The van der Waals surface area contributed by atoms with Gasteiger partial charge < -0.3 is 5.32 Å². The maximum absolute atomic E-state index is 12.1. The Labute approximate surface area is 115 Å². The van der Waals surface area contributed by atoms with Crippen LogP contribution in [0, 0.1) is 10.1 Å². The molecule has 0 spiro atoms. The highest BCUT2D eigenvalue weighted by molar-refractivity contribution is 6.03. The molecule has 0 fully saturated rings. The summed E-state index contributed by atoms with van der Waals surface area (Å²) in [6, 6.07) is 13.4. The van der Waals surface area contributed by atoms with E-state index >= 15 is 0 Å². The number of nitro benzene ring substituents is 1. The number of para-hydroxylation sites is 2. The summed E-state index contributed by atoms with van der Waals surface area (Å²) in [5, 5.41) is 14.3. The van der Waals surface area contributed by atoms with Crippen molar-refractivity contribution in [3.8, 4) is 0 Å². The standard InChI is InChI=1S/C15H12N2O3/c18-15-9-13(16-12-7-3-1-6-11(12)15)10-5-2-4-8-14(10)17(19)20/h1-8,13,16H,9H2. The Morgan fingerprint density at radius 2 is 1.80 bits per heavy atom. The van der Waals surface area contributed by atoms with Crippen LogP contribution in [0.2, 0.25) is 0 Å². The molecule has 0 aromatic heterocycles. The first-order valence-corrected chi connectivity index (χ1v) is 6.29. The van der Waals surface area contributed by atoms with Gasteiger partial charge in [-0.25, -0.2) is 0 Å². The molecule has 1 aliphatic heterocycles. The van der Waals surface area contributed by atoms with Crippen molar-refractivity contribution in [2.24, 2.45) is 0 Å². The number of fused-ring (bicyclic) bond motifs is 1. The zero-order chi connectivity index (χ0) is 14.1. The summed E-state index contributed by atoms with van der Waals surface area (Å²) in [7, 11) is 0. The molecule has 2 aromatic carbocycles. The topological polar surface area (TPSA) is 72.2 Å². The highest BCUT2D eigenvalue weighted by atomic mass is 16.6. The molecule has 5 heteroatoms. The predicted molar refractivity (Wildman–Crippen MR) is 74.8 cm³/mol. The van der Waals surface area contributed by atoms with Crippen LogP contribution in [0.4, 0.5) is 11.4 Å². The lowest BCUT2D eigenvalue weighted by molar-refractivity contribution is -0.385. The molecule has 1 N–H and O–H groups in total. The molecule has 0 bridgehead atoms. The molecule has 1 heterocycles. The second-order valence-corrected chi connectivity index (χ2v) is 4.69. The maximum atomic E-state index is 12.1. The molecular weight excluding hydrogens is 256 g/mol. The fourth-order valence-electron chi connectivity index (χ4n) is 2.52. The number of carbonyl (C=O) groups excluding carboxylic acids is 1. The van der Waals surface area contributed by atoms with E-state index in [1.807, 2.05) is 18.2 Å². The molecule has 2 aromatic rings. The van der Waals surface area contributed by atoms with Gasteiger partial charge in [0.15, 0.2) is 5.78 Å². The molecule has 0 saturated heterocycles. The van der Waals surface area contributed by atoms with Crippen molar-refractivity contribution in [1.82, 2.24) is 0 Å². The van der Waals surface area contributed by atoms with E-state index < -0.39 is 4.92 Å². The minimum Gasteiger partial charge on any atom is -0.377 e. The first-order valence-electron chi connectivity index (χ1n) is 6.29. The lowest BCUT2D eigenvalue weighted by Crippen LogP contribution is -2.23. The smallest absolute Gasteiger partial charge is 0.274 e. The number of nitrogens with one attached hydrogen (secondary N) is 1. The number of carbonyl (C=O) groups is 1. The van der Waals surface area contributed by atoms with Crippen molar-refractivity contribution in [1.29, 1.82) is 0 Å². The van der Waals surface area contributed by atoms with E-state index in [1.54, 1.807) is 24.3 Å². The summed E-state index contributed by atoms with van der Waals surface area (Å²) in [6.07, 6.45) is 0.224. The Balaban J connectivity index is 2.02. The molecule has 20 heavy (non-hydrogen) atoms. The van der Waals surface area contributed by atoms with Gasteiger partial charge in [-0.2, -0.15) is 0 Å². The Kier molecular flexibility index (Phi) is 2.95. The maximum Gasteiger partial charge on any atom is 0.274 e. The number of Topliss-reactive ketones (excluding diaryl/α,β-unsaturated/α-hetero) is 1. The van der Waals surface area contributed by atoms with Gasteiger partial charge in [-0.3, -0.25) is 14.9 Å². The fraction of sp³-hybridized carbons (Fsp3) is 0.133. The number of nitro groups is 1. The van der Waals surface area contributed by atoms with Crippen molar-refractivity contribution in [3.05, 3.63) is 69.8 Å². The van der Waals surface area contributed by atoms with Crippen LogP contribution in [0.15, 0.2) is 48.5 Å². The third kappa shape index (κ3) is 2.03. The van der Waals surface area contributed by atoms with Crippen LogP contribution in [-0.4, -0.2) is 10.7 Å². The molecule has 0 radical (unpaired) electrons. The second kappa shape index (κ2) is 4.77. The number of hydrogen-bond acceptors (Lipinski definition) is 4. The number of ketones is 1. The first-order chi connectivity index (χ1) is 9.66. The average molecular weight is 268 g/mol. The molecule has 5 nitrogen and oxygen atoms in total. The lowest BCUT2D eigenvalue weighted by Gasteiger charge is -2.26. The summed E-state index contributed by atoms with van der Waals surface area (Å²) in [5.41, 5.74) is 1.95. The number of nitrogens with zero attached hydrogens (tertiary/aromatic N) is 1. The van der Waals surface area contributed by atoms with Gasteiger partial charge in [0.2, 0.25) is 0 Å². The summed E-state index contributed by atoms with van der Waals surface area (Å²) >= 11 is 0. The monoisotopic (exact) mass is 268 g/mol. The lowest BCUT2D eigenvalue weighted by atomic mass is 9.91. The Hall–Kier alpha value is -2.69. The highest BCUT2D eigenvalue weighted by Crippen LogP contribution is 2.35. The molecule has 0 saturated carbocycles. The molecule has 1 atom stereocenters. The highest BCUT2D eigenvalue weighted by Gasteiger charge is 2.29. The summed E-state index contributed by atoms with van der Waals surface area (Å²) in [6.45, 7) is 0. The van der Waals surface area contributed by atoms with Crippen LogP contribution in [0.25, 0.3) is 0 Å². The minimum atomic E-state index is -0.415. The van der Waals surface area contributed by atoms with Crippen molar-refractivity contribution in [2.45, 2.75) is 12.5 Å². The van der Waals surface area contributed by atoms with Crippen LogP contribution < -0.4 is 5.32 Å². The quantitative estimate of drug-likeness (QED) is 0.669. The van der Waals surface area contributed by atoms with E-state index in [0.29, 0.717) is 11.1 Å².